The molecule has 8 N–H and O–H groups in total. The molecule has 0 aliphatic carbocycles. The van der Waals surface area contributed by atoms with Gasteiger partial charge in [-0.1, -0.05) is 98.8 Å². The highest BCUT2D eigenvalue weighted by molar-refractivity contribution is 8.00. The number of nitrogens with one attached hydrogen (secondary N) is 3. The van der Waals surface area contributed by atoms with Crippen LogP contribution in [0.4, 0.5) is 0 Å². The SMILES string of the molecule is COc1ccc(C(SC[C@H](NC(=O)[C@H](Cc2ccc(O)cc2)NC(=O)[C@@H](N)C(C)C)C(=O)N[C@@H](CCC(=O)O)C(=O)O)(c2ccccc2)c2ccccc2)cc1. The van der Waals surface area contributed by atoms with Crippen LogP contribution in [0.15, 0.2) is 109 Å². The third-order valence-electron chi connectivity index (χ3n) is 9.25. The Morgan fingerprint density at radius 3 is 1.70 bits per heavy atom. The fourth-order valence-corrected chi connectivity index (χ4v) is 7.59. The number of nitrogens with two attached hydrogens (primary N) is 1. The van der Waals surface area contributed by atoms with E-state index in [-0.39, 0.29) is 23.8 Å². The summed E-state index contributed by atoms with van der Waals surface area (Å²) in [5.41, 5.74) is 9.22. The first-order chi connectivity index (χ1) is 26.7. The summed E-state index contributed by atoms with van der Waals surface area (Å²) in [7, 11) is 1.56. The molecule has 0 radical (unpaired) electrons. The lowest BCUT2D eigenvalue weighted by atomic mass is 9.84. The van der Waals surface area contributed by atoms with Crippen LogP contribution < -0.4 is 26.4 Å². The number of methoxy groups -OCH3 is 1. The van der Waals surface area contributed by atoms with E-state index in [1.54, 1.807) is 33.1 Å². The van der Waals surface area contributed by atoms with Gasteiger partial charge in [0.1, 0.15) is 29.6 Å². The van der Waals surface area contributed by atoms with Crippen LogP contribution in [0.1, 0.15) is 48.9 Å². The molecule has 0 aliphatic rings. The molecule has 296 valence electrons. The van der Waals surface area contributed by atoms with E-state index in [1.165, 1.54) is 23.9 Å². The number of rotatable bonds is 20. The molecule has 13 nitrogen and oxygen atoms in total. The highest BCUT2D eigenvalue weighted by atomic mass is 32.2. The van der Waals surface area contributed by atoms with Crippen molar-refractivity contribution in [3.63, 3.8) is 0 Å². The van der Waals surface area contributed by atoms with E-state index < -0.39 is 71.4 Å². The average molecular weight is 785 g/mol. The number of benzene rings is 4. The lowest BCUT2D eigenvalue weighted by Crippen LogP contribution is -2.58. The van der Waals surface area contributed by atoms with Crippen molar-refractivity contribution in [1.82, 2.24) is 16.0 Å². The van der Waals surface area contributed by atoms with Crippen molar-refractivity contribution < 1.29 is 44.0 Å². The van der Waals surface area contributed by atoms with E-state index >= 15 is 0 Å². The minimum absolute atomic E-state index is 0.00225. The summed E-state index contributed by atoms with van der Waals surface area (Å²) in [6.45, 7) is 3.52. The molecular formula is C42H48N4O9S. The van der Waals surface area contributed by atoms with Gasteiger partial charge in [-0.15, -0.1) is 11.8 Å². The quantitative estimate of drug-likeness (QED) is 0.0635. The van der Waals surface area contributed by atoms with E-state index in [1.807, 2.05) is 84.9 Å². The highest BCUT2D eigenvalue weighted by Crippen LogP contribution is 2.49. The predicted molar refractivity (Wildman–Crippen MR) is 213 cm³/mol. The Kier molecular flexibility index (Phi) is 15.4. The summed E-state index contributed by atoms with van der Waals surface area (Å²) >= 11 is 1.32. The summed E-state index contributed by atoms with van der Waals surface area (Å²) in [5.74, 6) is -4.67. The van der Waals surface area contributed by atoms with E-state index in [0.717, 1.165) is 16.7 Å². The van der Waals surface area contributed by atoms with Crippen LogP contribution in [-0.4, -0.2) is 82.0 Å². The largest absolute Gasteiger partial charge is 0.508 e. The molecule has 4 aromatic rings. The second-order valence-corrected chi connectivity index (χ2v) is 14.8. The third-order valence-corrected chi connectivity index (χ3v) is 10.9. The second-order valence-electron chi connectivity index (χ2n) is 13.5. The number of carboxylic acids is 2. The van der Waals surface area contributed by atoms with Gasteiger partial charge in [-0.3, -0.25) is 19.2 Å². The number of phenols is 1. The number of aliphatic carboxylic acids is 2. The van der Waals surface area contributed by atoms with Gasteiger partial charge >= 0.3 is 11.9 Å². The van der Waals surface area contributed by atoms with Crippen LogP contribution in [0.5, 0.6) is 11.5 Å². The van der Waals surface area contributed by atoms with Gasteiger partial charge in [0, 0.05) is 18.6 Å². The monoisotopic (exact) mass is 784 g/mol. The van der Waals surface area contributed by atoms with E-state index in [2.05, 4.69) is 16.0 Å². The van der Waals surface area contributed by atoms with E-state index in [0.29, 0.717) is 11.3 Å². The molecule has 0 heterocycles. The second kappa shape index (κ2) is 20.2. The zero-order chi connectivity index (χ0) is 40.8. The minimum Gasteiger partial charge on any atom is -0.508 e. The Morgan fingerprint density at radius 1 is 0.696 bits per heavy atom. The lowest BCUT2D eigenvalue weighted by Gasteiger charge is -2.37. The molecule has 0 saturated heterocycles. The lowest BCUT2D eigenvalue weighted by molar-refractivity contribution is -0.143. The van der Waals surface area contributed by atoms with Crippen molar-refractivity contribution in [2.75, 3.05) is 12.9 Å². The van der Waals surface area contributed by atoms with E-state index in [9.17, 15) is 39.3 Å². The van der Waals surface area contributed by atoms with Gasteiger partial charge < -0.3 is 41.7 Å². The number of carbonyl (C=O) groups is 5. The molecule has 14 heteroatoms. The van der Waals surface area contributed by atoms with Crippen LogP contribution in [0.2, 0.25) is 0 Å². The number of thioether (sulfide) groups is 1. The van der Waals surface area contributed by atoms with Crippen molar-refractivity contribution in [2.45, 2.75) is 62.0 Å². The molecule has 0 saturated carbocycles. The Hall–Kier alpha value is -5.86. The molecule has 0 fully saturated rings. The van der Waals surface area contributed by atoms with Gasteiger partial charge in [-0.05, 0) is 58.9 Å². The van der Waals surface area contributed by atoms with Crippen molar-refractivity contribution >= 4 is 41.4 Å². The molecule has 0 aromatic heterocycles. The topological polar surface area (TPSA) is 217 Å². The Labute approximate surface area is 330 Å². The normalized spacial score (nSPS) is 13.4. The number of carboxylic acid groups (broad SMARTS) is 2. The predicted octanol–water partition coefficient (Wildman–Crippen LogP) is 4.06. The fourth-order valence-electron chi connectivity index (χ4n) is 6.03. The van der Waals surface area contributed by atoms with Crippen LogP contribution >= 0.6 is 11.8 Å². The van der Waals surface area contributed by atoms with Gasteiger partial charge in [0.25, 0.3) is 0 Å². The van der Waals surface area contributed by atoms with Gasteiger partial charge in [0.2, 0.25) is 17.7 Å². The summed E-state index contributed by atoms with van der Waals surface area (Å²) in [5, 5.41) is 36.9. The Morgan fingerprint density at radius 2 is 1.20 bits per heavy atom. The fraction of sp³-hybridized carbons (Fsp3) is 0.310. The molecule has 0 unspecified atom stereocenters. The molecule has 4 rings (SSSR count). The van der Waals surface area contributed by atoms with Gasteiger partial charge in [0.15, 0.2) is 0 Å². The molecular weight excluding hydrogens is 737 g/mol. The first-order valence-electron chi connectivity index (χ1n) is 18.0. The summed E-state index contributed by atoms with van der Waals surface area (Å²) < 4.78 is 4.45. The number of ether oxygens (including phenoxy) is 1. The highest BCUT2D eigenvalue weighted by Gasteiger charge is 2.40. The Balaban J connectivity index is 1.80. The summed E-state index contributed by atoms with van der Waals surface area (Å²) in [6.07, 6.45) is -0.965. The third kappa shape index (κ3) is 11.3. The zero-order valence-corrected chi connectivity index (χ0v) is 32.2. The van der Waals surface area contributed by atoms with Crippen LogP contribution in [-0.2, 0) is 35.1 Å². The number of carbonyl (C=O) groups excluding carboxylic acids is 3. The first kappa shape index (κ1) is 42.9. The number of hydrogen-bond acceptors (Lipinski definition) is 9. The summed E-state index contributed by atoms with van der Waals surface area (Å²) in [4.78, 5) is 65.2. The van der Waals surface area contributed by atoms with Gasteiger partial charge in [-0.25, -0.2) is 4.79 Å². The van der Waals surface area contributed by atoms with Crippen molar-refractivity contribution in [2.24, 2.45) is 11.7 Å². The maximum Gasteiger partial charge on any atom is 0.326 e. The molecule has 0 spiro atoms. The number of aromatic hydroxyl groups is 1. The van der Waals surface area contributed by atoms with Gasteiger partial charge in [-0.2, -0.15) is 0 Å². The molecule has 0 aliphatic heterocycles. The maximum absolute atomic E-state index is 14.3. The van der Waals surface area contributed by atoms with Crippen LogP contribution in [0.3, 0.4) is 0 Å². The van der Waals surface area contributed by atoms with Crippen molar-refractivity contribution in [3.05, 3.63) is 131 Å². The average Bonchev–Trinajstić information content (AvgIpc) is 3.20. The molecule has 0 bridgehead atoms. The number of amides is 3. The Bertz CT molecular complexity index is 1890. The molecule has 56 heavy (non-hydrogen) atoms. The molecule has 3 amide bonds. The summed E-state index contributed by atoms with van der Waals surface area (Å²) in [6, 6.07) is 27.5. The van der Waals surface area contributed by atoms with Crippen LogP contribution in [0.25, 0.3) is 0 Å². The van der Waals surface area contributed by atoms with E-state index in [4.69, 9.17) is 10.5 Å². The van der Waals surface area contributed by atoms with Gasteiger partial charge in [0.05, 0.1) is 17.9 Å². The van der Waals surface area contributed by atoms with Crippen molar-refractivity contribution in [1.29, 1.82) is 0 Å². The smallest absolute Gasteiger partial charge is 0.326 e. The van der Waals surface area contributed by atoms with Crippen LogP contribution in [0, 0.1) is 5.92 Å². The first-order valence-corrected chi connectivity index (χ1v) is 19.0. The number of phenolic OH excluding ortho intramolecular Hbond substituents is 1. The van der Waals surface area contributed by atoms with Crippen molar-refractivity contribution in [3.8, 4) is 11.5 Å². The molecule has 4 atom stereocenters. The zero-order valence-electron chi connectivity index (χ0n) is 31.4. The number of hydrogen-bond donors (Lipinski definition) is 7. The minimum atomic E-state index is -1.57. The maximum atomic E-state index is 14.3. The standard InChI is InChI=1S/C42H48N4O9S/c1-26(2)37(43)40(52)45-34(24-27-14-18-31(47)19-15-27)38(50)46-35(39(51)44-33(41(53)54)22-23-36(48)49)25-56-42(28-10-6-4-7-11-28,29-12-8-5-9-13-29)30-16-20-32(55-3)21-17-30/h4-21,26,33-35,37,47H,22-25,43H2,1-3H3,(H,44,51)(H,45,52)(H,46,50)(H,48,49)(H,53,54)/t33-,34-,35-,37-/m0/s1. The molecule has 4 aromatic carbocycles.